The highest BCUT2D eigenvalue weighted by molar-refractivity contribution is 5.79. The van der Waals surface area contributed by atoms with E-state index in [0.29, 0.717) is 12.5 Å². The van der Waals surface area contributed by atoms with Crippen LogP contribution in [0.5, 0.6) is 5.75 Å². The van der Waals surface area contributed by atoms with Crippen molar-refractivity contribution in [2.24, 2.45) is 11.8 Å². The Hall–Kier alpha value is -1.66. The minimum Gasteiger partial charge on any atom is -0.489 e. The van der Waals surface area contributed by atoms with Crippen molar-refractivity contribution in [2.75, 3.05) is 26.7 Å². The van der Waals surface area contributed by atoms with Crippen LogP contribution in [0.25, 0.3) is 0 Å². The molecule has 5 nitrogen and oxygen atoms in total. The predicted octanol–water partition coefficient (Wildman–Crippen LogP) is 1.56. The molecule has 3 unspecified atom stereocenters. The fraction of sp³-hybridized carbons (Fsp3) is 0.588. The van der Waals surface area contributed by atoms with E-state index in [2.05, 4.69) is 10.9 Å². The average molecular weight is 321 g/mol. The van der Waals surface area contributed by atoms with Gasteiger partial charge in [-0.1, -0.05) is 18.6 Å². The van der Waals surface area contributed by atoms with E-state index in [9.17, 15) is 9.18 Å². The summed E-state index contributed by atoms with van der Waals surface area (Å²) in [5.41, 5.74) is 6.43. The Bertz CT molecular complexity index is 554. The SMILES string of the molecule is CN(CCOc1ccccc1F)C(=O)C1CCCC2CNNC21. The van der Waals surface area contributed by atoms with E-state index in [1.165, 1.54) is 12.5 Å². The fourth-order valence-electron chi connectivity index (χ4n) is 3.57. The first kappa shape index (κ1) is 16.2. The van der Waals surface area contributed by atoms with Crippen LogP contribution in [-0.4, -0.2) is 43.6 Å². The van der Waals surface area contributed by atoms with Gasteiger partial charge in [0.15, 0.2) is 11.6 Å². The van der Waals surface area contributed by atoms with Gasteiger partial charge < -0.3 is 9.64 Å². The number of nitrogens with one attached hydrogen (secondary N) is 2. The van der Waals surface area contributed by atoms with Crippen molar-refractivity contribution in [1.82, 2.24) is 15.8 Å². The molecule has 23 heavy (non-hydrogen) atoms. The summed E-state index contributed by atoms with van der Waals surface area (Å²) >= 11 is 0. The third-order valence-electron chi connectivity index (χ3n) is 4.88. The lowest BCUT2D eigenvalue weighted by Gasteiger charge is -2.34. The minimum absolute atomic E-state index is 0.0159. The highest BCUT2D eigenvalue weighted by Gasteiger charge is 2.41. The van der Waals surface area contributed by atoms with Gasteiger partial charge in [-0.3, -0.25) is 15.6 Å². The molecule has 3 atom stereocenters. The van der Waals surface area contributed by atoms with Crippen molar-refractivity contribution in [2.45, 2.75) is 25.3 Å². The molecule has 1 saturated carbocycles. The minimum atomic E-state index is -0.377. The number of benzene rings is 1. The average Bonchev–Trinajstić information content (AvgIpc) is 3.04. The number of halogens is 1. The highest BCUT2D eigenvalue weighted by Crippen LogP contribution is 2.32. The molecule has 0 spiro atoms. The van der Waals surface area contributed by atoms with E-state index in [1.807, 2.05) is 0 Å². The molecule has 0 bridgehead atoms. The largest absolute Gasteiger partial charge is 0.489 e. The molecular formula is C17H24FN3O2. The topological polar surface area (TPSA) is 53.6 Å². The van der Waals surface area contributed by atoms with Crippen molar-refractivity contribution in [3.8, 4) is 5.75 Å². The van der Waals surface area contributed by atoms with Crippen LogP contribution in [0.15, 0.2) is 24.3 Å². The highest BCUT2D eigenvalue weighted by atomic mass is 19.1. The summed E-state index contributed by atoms with van der Waals surface area (Å²) in [5.74, 6) is 0.557. The maximum absolute atomic E-state index is 13.5. The molecule has 2 fully saturated rings. The van der Waals surface area contributed by atoms with Crippen molar-refractivity contribution in [3.05, 3.63) is 30.1 Å². The van der Waals surface area contributed by atoms with Gasteiger partial charge in [0.2, 0.25) is 5.91 Å². The fourth-order valence-corrected chi connectivity index (χ4v) is 3.57. The van der Waals surface area contributed by atoms with Crippen LogP contribution in [0.1, 0.15) is 19.3 Å². The molecular weight excluding hydrogens is 297 g/mol. The zero-order valence-electron chi connectivity index (χ0n) is 13.4. The summed E-state index contributed by atoms with van der Waals surface area (Å²) in [6, 6.07) is 6.54. The first-order chi connectivity index (χ1) is 11.2. The summed E-state index contributed by atoms with van der Waals surface area (Å²) in [4.78, 5) is 14.4. The molecule has 1 aliphatic carbocycles. The zero-order valence-corrected chi connectivity index (χ0v) is 13.4. The zero-order chi connectivity index (χ0) is 16.2. The third-order valence-corrected chi connectivity index (χ3v) is 4.88. The van der Waals surface area contributed by atoms with Gasteiger partial charge in [-0.2, -0.15) is 0 Å². The Labute approximate surface area is 136 Å². The standard InChI is InChI=1S/C17H24FN3O2/c1-21(9-10-23-15-8-3-2-7-14(15)18)17(22)13-6-4-5-12-11-19-20-16(12)13/h2-3,7-8,12-13,16,19-20H,4-6,9-11H2,1H3. The number of nitrogens with zero attached hydrogens (tertiary/aromatic N) is 1. The van der Waals surface area contributed by atoms with Crippen LogP contribution in [0, 0.1) is 17.7 Å². The molecule has 2 aliphatic rings. The summed E-state index contributed by atoms with van der Waals surface area (Å²) < 4.78 is 18.9. The van der Waals surface area contributed by atoms with Gasteiger partial charge >= 0.3 is 0 Å². The van der Waals surface area contributed by atoms with Gasteiger partial charge in [0.25, 0.3) is 0 Å². The molecule has 0 radical (unpaired) electrons. The number of carbonyl (C=O) groups is 1. The molecule has 6 heteroatoms. The van der Waals surface area contributed by atoms with E-state index < -0.39 is 0 Å². The number of hydrazine groups is 1. The second-order valence-corrected chi connectivity index (χ2v) is 6.39. The third kappa shape index (κ3) is 3.64. The number of amides is 1. The van der Waals surface area contributed by atoms with Crippen LogP contribution in [-0.2, 0) is 4.79 Å². The van der Waals surface area contributed by atoms with Crippen molar-refractivity contribution in [1.29, 1.82) is 0 Å². The number of fused-ring (bicyclic) bond motifs is 1. The second kappa shape index (κ2) is 7.27. The number of para-hydroxylation sites is 1. The molecule has 1 saturated heterocycles. The number of hydrogen-bond acceptors (Lipinski definition) is 4. The van der Waals surface area contributed by atoms with Crippen LogP contribution in [0.3, 0.4) is 0 Å². The monoisotopic (exact) mass is 321 g/mol. The summed E-state index contributed by atoms with van der Waals surface area (Å²) in [7, 11) is 1.79. The van der Waals surface area contributed by atoms with E-state index in [-0.39, 0.29) is 36.0 Å². The molecule has 126 valence electrons. The lowest BCUT2D eigenvalue weighted by atomic mass is 9.77. The lowest BCUT2D eigenvalue weighted by molar-refractivity contribution is -0.136. The van der Waals surface area contributed by atoms with E-state index in [4.69, 9.17) is 4.74 Å². The Morgan fingerprint density at radius 1 is 1.39 bits per heavy atom. The van der Waals surface area contributed by atoms with Gasteiger partial charge in [-0.15, -0.1) is 0 Å². The van der Waals surface area contributed by atoms with Crippen molar-refractivity contribution < 1.29 is 13.9 Å². The molecule has 1 heterocycles. The lowest BCUT2D eigenvalue weighted by Crippen LogP contribution is -2.48. The van der Waals surface area contributed by atoms with Gasteiger partial charge in [0.1, 0.15) is 6.61 Å². The van der Waals surface area contributed by atoms with Gasteiger partial charge in [-0.05, 0) is 30.9 Å². The number of ether oxygens (including phenoxy) is 1. The Morgan fingerprint density at radius 3 is 3.04 bits per heavy atom. The van der Waals surface area contributed by atoms with Gasteiger partial charge in [0.05, 0.1) is 12.5 Å². The predicted molar refractivity (Wildman–Crippen MR) is 85.3 cm³/mol. The Balaban J connectivity index is 1.50. The summed E-state index contributed by atoms with van der Waals surface area (Å²) in [6.07, 6.45) is 3.20. The first-order valence-corrected chi connectivity index (χ1v) is 8.27. The first-order valence-electron chi connectivity index (χ1n) is 8.27. The van der Waals surface area contributed by atoms with Crippen molar-refractivity contribution >= 4 is 5.91 Å². The maximum Gasteiger partial charge on any atom is 0.227 e. The smallest absolute Gasteiger partial charge is 0.227 e. The molecule has 1 aliphatic heterocycles. The van der Waals surface area contributed by atoms with Crippen LogP contribution >= 0.6 is 0 Å². The van der Waals surface area contributed by atoms with Crippen molar-refractivity contribution in [3.63, 3.8) is 0 Å². The van der Waals surface area contributed by atoms with E-state index in [0.717, 1.165) is 19.4 Å². The van der Waals surface area contributed by atoms with Crippen LogP contribution < -0.4 is 15.6 Å². The van der Waals surface area contributed by atoms with Gasteiger partial charge in [0, 0.05) is 19.6 Å². The Kier molecular flexibility index (Phi) is 5.13. The number of hydrogen-bond donors (Lipinski definition) is 2. The molecule has 3 rings (SSSR count). The van der Waals surface area contributed by atoms with Crippen LogP contribution in [0.4, 0.5) is 4.39 Å². The maximum atomic E-state index is 13.5. The van der Waals surface area contributed by atoms with E-state index in [1.54, 1.807) is 30.1 Å². The van der Waals surface area contributed by atoms with Gasteiger partial charge in [-0.25, -0.2) is 4.39 Å². The van der Waals surface area contributed by atoms with Crippen LogP contribution in [0.2, 0.25) is 0 Å². The molecule has 1 amide bonds. The van der Waals surface area contributed by atoms with E-state index >= 15 is 0 Å². The molecule has 2 N–H and O–H groups in total. The Morgan fingerprint density at radius 2 is 2.22 bits per heavy atom. The molecule has 1 aromatic carbocycles. The second-order valence-electron chi connectivity index (χ2n) is 6.39. The normalized spacial score (nSPS) is 26.6. The summed E-state index contributed by atoms with van der Waals surface area (Å²) in [5, 5.41) is 0. The summed E-state index contributed by atoms with van der Waals surface area (Å²) in [6.45, 7) is 1.68. The number of rotatable bonds is 5. The molecule has 0 aromatic heterocycles. The quantitative estimate of drug-likeness (QED) is 0.864. The number of likely N-dealkylation sites (N-methyl/N-ethyl adjacent to an activating group) is 1. The number of carbonyl (C=O) groups excluding carboxylic acids is 1. The molecule has 1 aromatic rings.